The fourth-order valence-electron chi connectivity index (χ4n) is 2.42. The van der Waals surface area contributed by atoms with Gasteiger partial charge in [-0.2, -0.15) is 0 Å². The minimum absolute atomic E-state index is 0.0453. The number of hydrogen-bond acceptors (Lipinski definition) is 3. The minimum Gasteiger partial charge on any atom is -0.481 e. The van der Waals surface area contributed by atoms with Crippen molar-refractivity contribution in [2.45, 2.75) is 6.42 Å². The molecule has 1 aromatic heterocycles. The maximum absolute atomic E-state index is 12.0. The molecule has 1 heterocycles. The molecule has 0 aliphatic carbocycles. The number of nitrogens with one attached hydrogen (secondary N) is 1. The lowest BCUT2D eigenvalue weighted by atomic mass is 10.1. The average molecular weight is 347 g/mol. The van der Waals surface area contributed by atoms with Gasteiger partial charge in [0.25, 0.3) is 0 Å². The van der Waals surface area contributed by atoms with Crippen LogP contribution in [-0.4, -0.2) is 17.0 Å². The molecule has 0 unspecified atom stereocenters. The van der Waals surface area contributed by atoms with E-state index in [0.29, 0.717) is 17.0 Å². The first kappa shape index (κ1) is 17.2. The van der Waals surface area contributed by atoms with E-state index in [-0.39, 0.29) is 12.3 Å². The zero-order valence-electron chi connectivity index (χ0n) is 13.9. The molecule has 0 aliphatic rings. The lowest BCUT2D eigenvalue weighted by Crippen LogP contribution is -2.08. The summed E-state index contributed by atoms with van der Waals surface area (Å²) in [6.45, 7) is 0. The van der Waals surface area contributed by atoms with Crippen LogP contribution in [0.4, 0.5) is 5.69 Å². The van der Waals surface area contributed by atoms with Crippen LogP contribution in [-0.2, 0) is 16.0 Å². The van der Waals surface area contributed by atoms with E-state index < -0.39 is 5.97 Å². The molecular formula is C21H17NO4. The lowest BCUT2D eigenvalue weighted by molar-refractivity contribution is -0.136. The number of aliphatic carboxylic acids is 1. The molecule has 0 bridgehead atoms. The molecule has 0 spiro atoms. The molecule has 0 fully saturated rings. The highest BCUT2D eigenvalue weighted by Crippen LogP contribution is 2.22. The maximum Gasteiger partial charge on any atom is 0.307 e. The van der Waals surface area contributed by atoms with Crippen molar-refractivity contribution >= 4 is 23.6 Å². The van der Waals surface area contributed by atoms with Gasteiger partial charge in [0, 0.05) is 17.3 Å². The first-order valence-electron chi connectivity index (χ1n) is 8.05. The number of anilines is 1. The molecule has 0 atom stereocenters. The van der Waals surface area contributed by atoms with E-state index in [4.69, 9.17) is 9.52 Å². The van der Waals surface area contributed by atoms with Crippen molar-refractivity contribution in [1.82, 2.24) is 0 Å². The summed E-state index contributed by atoms with van der Waals surface area (Å²) < 4.78 is 5.70. The zero-order chi connectivity index (χ0) is 18.4. The van der Waals surface area contributed by atoms with Gasteiger partial charge in [0.15, 0.2) is 0 Å². The molecule has 5 nitrogen and oxygen atoms in total. The SMILES string of the molecule is O=C(O)Cc1ccc(NC(=O)/C=C/c2ccc(-c3ccccc3)o2)cc1. The second-order valence-electron chi connectivity index (χ2n) is 5.66. The van der Waals surface area contributed by atoms with Gasteiger partial charge in [0.2, 0.25) is 5.91 Å². The van der Waals surface area contributed by atoms with Gasteiger partial charge in [-0.05, 0) is 35.9 Å². The number of carbonyl (C=O) groups excluding carboxylic acids is 1. The molecule has 0 saturated carbocycles. The molecule has 0 aliphatic heterocycles. The van der Waals surface area contributed by atoms with Crippen molar-refractivity contribution in [2.75, 3.05) is 5.32 Å². The molecule has 2 N–H and O–H groups in total. The summed E-state index contributed by atoms with van der Waals surface area (Å²) in [5.74, 6) is 0.127. The Morgan fingerprint density at radius 1 is 0.962 bits per heavy atom. The topological polar surface area (TPSA) is 79.5 Å². The van der Waals surface area contributed by atoms with Crippen molar-refractivity contribution < 1.29 is 19.1 Å². The van der Waals surface area contributed by atoms with Crippen LogP contribution in [0.3, 0.4) is 0 Å². The number of furan rings is 1. The van der Waals surface area contributed by atoms with Gasteiger partial charge in [0.05, 0.1) is 6.42 Å². The average Bonchev–Trinajstić information content (AvgIpc) is 3.11. The molecule has 3 aromatic rings. The molecule has 130 valence electrons. The minimum atomic E-state index is -0.891. The molecule has 2 aromatic carbocycles. The normalized spacial score (nSPS) is 10.8. The van der Waals surface area contributed by atoms with Crippen molar-refractivity contribution in [3.05, 3.63) is 84.1 Å². The Kier molecular flexibility index (Phi) is 5.29. The Morgan fingerprint density at radius 3 is 2.38 bits per heavy atom. The summed E-state index contributed by atoms with van der Waals surface area (Å²) in [6, 6.07) is 20.0. The third kappa shape index (κ3) is 4.70. The number of hydrogen-bond donors (Lipinski definition) is 2. The van der Waals surface area contributed by atoms with Gasteiger partial charge in [-0.25, -0.2) is 0 Å². The highest BCUT2D eigenvalue weighted by Gasteiger charge is 2.04. The van der Waals surface area contributed by atoms with Crippen molar-refractivity contribution in [1.29, 1.82) is 0 Å². The van der Waals surface area contributed by atoms with Gasteiger partial charge in [-0.3, -0.25) is 9.59 Å². The largest absolute Gasteiger partial charge is 0.481 e. The monoisotopic (exact) mass is 347 g/mol. The number of benzene rings is 2. The first-order chi connectivity index (χ1) is 12.6. The van der Waals surface area contributed by atoms with Crippen LogP contribution in [0.2, 0.25) is 0 Å². The molecule has 5 heteroatoms. The zero-order valence-corrected chi connectivity index (χ0v) is 13.9. The molecule has 26 heavy (non-hydrogen) atoms. The quantitative estimate of drug-likeness (QED) is 0.654. The van der Waals surface area contributed by atoms with Gasteiger partial charge < -0.3 is 14.8 Å². The second-order valence-corrected chi connectivity index (χ2v) is 5.66. The van der Waals surface area contributed by atoms with Crippen LogP contribution < -0.4 is 5.32 Å². The highest BCUT2D eigenvalue weighted by atomic mass is 16.4. The summed E-state index contributed by atoms with van der Waals surface area (Å²) >= 11 is 0. The van der Waals surface area contributed by atoms with E-state index in [1.807, 2.05) is 36.4 Å². The highest BCUT2D eigenvalue weighted by molar-refractivity contribution is 6.01. The van der Waals surface area contributed by atoms with Crippen molar-refractivity contribution in [2.24, 2.45) is 0 Å². The smallest absolute Gasteiger partial charge is 0.307 e. The Labute approximate surface area is 150 Å². The number of carboxylic acids is 1. The van der Waals surface area contributed by atoms with E-state index in [1.54, 1.807) is 36.4 Å². The Morgan fingerprint density at radius 2 is 1.69 bits per heavy atom. The summed E-state index contributed by atoms with van der Waals surface area (Å²) in [5, 5.41) is 11.5. The van der Waals surface area contributed by atoms with Crippen LogP contribution >= 0.6 is 0 Å². The van der Waals surface area contributed by atoms with E-state index in [9.17, 15) is 9.59 Å². The molecule has 3 rings (SSSR count). The summed E-state index contributed by atoms with van der Waals surface area (Å²) in [6.07, 6.45) is 2.94. The van der Waals surface area contributed by atoms with Gasteiger partial charge in [0.1, 0.15) is 11.5 Å². The summed E-state index contributed by atoms with van der Waals surface area (Å²) in [7, 11) is 0. The van der Waals surface area contributed by atoms with E-state index in [2.05, 4.69) is 5.32 Å². The predicted molar refractivity (Wildman–Crippen MR) is 99.6 cm³/mol. The van der Waals surface area contributed by atoms with Gasteiger partial charge >= 0.3 is 5.97 Å². The second kappa shape index (κ2) is 7.98. The number of rotatable bonds is 6. The Bertz CT molecular complexity index is 924. The van der Waals surface area contributed by atoms with Gasteiger partial charge in [-0.15, -0.1) is 0 Å². The lowest BCUT2D eigenvalue weighted by Gasteiger charge is -2.03. The maximum atomic E-state index is 12.0. The Hall–Kier alpha value is -3.60. The van der Waals surface area contributed by atoms with Crippen LogP contribution in [0.1, 0.15) is 11.3 Å². The predicted octanol–water partition coefficient (Wildman–Crippen LogP) is 4.23. The van der Waals surface area contributed by atoms with Crippen LogP contribution in [0.5, 0.6) is 0 Å². The van der Waals surface area contributed by atoms with Crippen LogP contribution in [0.25, 0.3) is 17.4 Å². The first-order valence-corrected chi connectivity index (χ1v) is 8.05. The standard InChI is InChI=1S/C21H17NO4/c23-20(22-17-8-6-15(7-9-17)14-21(24)25)13-11-18-10-12-19(26-18)16-4-2-1-3-5-16/h1-13H,14H2,(H,22,23)(H,24,25)/b13-11+. The molecular weight excluding hydrogens is 330 g/mol. The summed E-state index contributed by atoms with van der Waals surface area (Å²) in [5.41, 5.74) is 2.24. The number of carboxylic acid groups (broad SMARTS) is 1. The molecule has 0 saturated heterocycles. The summed E-state index contributed by atoms with van der Waals surface area (Å²) in [4.78, 5) is 22.6. The van der Waals surface area contributed by atoms with E-state index in [1.165, 1.54) is 6.08 Å². The number of carbonyl (C=O) groups is 2. The van der Waals surface area contributed by atoms with Gasteiger partial charge in [-0.1, -0.05) is 42.5 Å². The van der Waals surface area contributed by atoms with Crippen LogP contribution in [0, 0.1) is 0 Å². The van der Waals surface area contributed by atoms with E-state index >= 15 is 0 Å². The fraction of sp³-hybridized carbons (Fsp3) is 0.0476. The molecule has 0 radical (unpaired) electrons. The van der Waals surface area contributed by atoms with Crippen molar-refractivity contribution in [3.8, 4) is 11.3 Å². The third-order valence-corrected chi connectivity index (χ3v) is 3.66. The van der Waals surface area contributed by atoms with Crippen LogP contribution in [0.15, 0.2) is 77.2 Å². The fourth-order valence-corrected chi connectivity index (χ4v) is 2.42. The third-order valence-electron chi connectivity index (χ3n) is 3.66. The number of amides is 1. The Balaban J connectivity index is 1.59. The van der Waals surface area contributed by atoms with Crippen molar-refractivity contribution in [3.63, 3.8) is 0 Å². The van der Waals surface area contributed by atoms with E-state index in [0.717, 1.165) is 11.3 Å². The molecule has 1 amide bonds.